The highest BCUT2D eigenvalue weighted by molar-refractivity contribution is 6.07. The molecule has 1 saturated heterocycles. The number of carbonyl (C=O) groups excluding carboxylic acids is 2. The van der Waals surface area contributed by atoms with Crippen molar-refractivity contribution in [3.05, 3.63) is 47.9 Å². The van der Waals surface area contributed by atoms with E-state index < -0.39 is 5.60 Å². The van der Waals surface area contributed by atoms with Crippen molar-refractivity contribution >= 4 is 23.0 Å². The first-order chi connectivity index (χ1) is 15.2. The van der Waals surface area contributed by atoms with Gasteiger partial charge in [0, 0.05) is 24.5 Å². The van der Waals surface area contributed by atoms with Crippen LogP contribution in [0.5, 0.6) is 5.75 Å². The largest absolute Gasteiger partial charge is 0.486 e. The molecular formula is C23H27N3O6. The van der Waals surface area contributed by atoms with E-state index in [9.17, 15) is 9.59 Å². The van der Waals surface area contributed by atoms with Gasteiger partial charge in [0.05, 0.1) is 11.8 Å². The molecule has 0 aliphatic carbocycles. The number of hydrogen-bond acceptors (Lipinski definition) is 7. The number of oxazole rings is 1. The first kappa shape index (κ1) is 21.7. The molecule has 0 unspecified atom stereocenters. The molecule has 1 aliphatic heterocycles. The summed E-state index contributed by atoms with van der Waals surface area (Å²) in [6.07, 6.45) is 3.22. The van der Waals surface area contributed by atoms with Crippen molar-refractivity contribution < 1.29 is 27.9 Å². The summed E-state index contributed by atoms with van der Waals surface area (Å²) in [4.78, 5) is 30.9. The fourth-order valence-electron chi connectivity index (χ4n) is 3.67. The van der Waals surface area contributed by atoms with Crippen LogP contribution in [0.15, 0.2) is 39.6 Å². The zero-order valence-corrected chi connectivity index (χ0v) is 18.6. The third-order valence-corrected chi connectivity index (χ3v) is 5.10. The van der Waals surface area contributed by atoms with E-state index >= 15 is 0 Å². The average molecular weight is 441 g/mol. The maximum absolute atomic E-state index is 13.1. The van der Waals surface area contributed by atoms with Crippen LogP contribution in [0.2, 0.25) is 0 Å². The second-order valence-corrected chi connectivity index (χ2v) is 8.83. The van der Waals surface area contributed by atoms with E-state index in [1.807, 2.05) is 20.8 Å². The fraction of sp³-hybridized carbons (Fsp3) is 0.435. The van der Waals surface area contributed by atoms with Crippen molar-refractivity contribution in [3.8, 4) is 5.75 Å². The van der Waals surface area contributed by atoms with Gasteiger partial charge in [0.25, 0.3) is 5.91 Å². The van der Waals surface area contributed by atoms with Gasteiger partial charge in [0.15, 0.2) is 12.2 Å². The van der Waals surface area contributed by atoms with E-state index in [0.717, 1.165) is 0 Å². The average Bonchev–Trinajstić information content (AvgIpc) is 3.44. The number of furan rings is 1. The lowest BCUT2D eigenvalue weighted by atomic mass is 10.1. The molecular weight excluding hydrogens is 414 g/mol. The van der Waals surface area contributed by atoms with Crippen molar-refractivity contribution in [1.82, 2.24) is 15.2 Å². The minimum absolute atomic E-state index is 0.162. The third kappa shape index (κ3) is 4.87. The predicted octanol–water partition coefficient (Wildman–Crippen LogP) is 4.05. The summed E-state index contributed by atoms with van der Waals surface area (Å²) in [7, 11) is 0. The third-order valence-electron chi connectivity index (χ3n) is 5.10. The van der Waals surface area contributed by atoms with Crippen LogP contribution in [0.3, 0.4) is 0 Å². The number of carbonyl (C=O) groups is 2. The molecule has 0 bridgehead atoms. The summed E-state index contributed by atoms with van der Waals surface area (Å²) < 4.78 is 22.1. The molecule has 1 atom stereocenters. The van der Waals surface area contributed by atoms with Crippen LogP contribution in [-0.4, -0.2) is 46.6 Å². The standard InChI is InChI=1S/C23H27N3O6/c1-14-20(21(27)25-15-7-8-26(11-15)22(28)32-23(2,3)4)18-9-16(5-6-19(18)31-14)29-12-17-10-24-13-30-17/h5-6,9-10,13,15H,7-8,11-12H2,1-4H3,(H,25,27)/t15-/m1/s1. The van der Waals surface area contributed by atoms with Crippen molar-refractivity contribution in [2.24, 2.45) is 0 Å². The van der Waals surface area contributed by atoms with Crippen molar-refractivity contribution in [2.75, 3.05) is 13.1 Å². The number of likely N-dealkylation sites (tertiary alicyclic amines) is 1. The lowest BCUT2D eigenvalue weighted by Crippen LogP contribution is -2.40. The second-order valence-electron chi connectivity index (χ2n) is 8.83. The zero-order chi connectivity index (χ0) is 22.9. The molecule has 0 saturated carbocycles. The molecule has 9 heteroatoms. The van der Waals surface area contributed by atoms with Crippen molar-refractivity contribution in [1.29, 1.82) is 0 Å². The first-order valence-corrected chi connectivity index (χ1v) is 10.5. The van der Waals surface area contributed by atoms with E-state index in [1.165, 1.54) is 6.39 Å². The Kier molecular flexibility index (Phi) is 5.82. The molecule has 3 heterocycles. The lowest BCUT2D eigenvalue weighted by Gasteiger charge is -2.24. The number of aromatic nitrogens is 1. The highest BCUT2D eigenvalue weighted by Crippen LogP contribution is 2.30. The van der Waals surface area contributed by atoms with Crippen LogP contribution in [0.4, 0.5) is 4.79 Å². The molecule has 2 amide bonds. The Balaban J connectivity index is 1.44. The minimum Gasteiger partial charge on any atom is -0.486 e. The second kappa shape index (κ2) is 8.57. The molecule has 9 nitrogen and oxygen atoms in total. The minimum atomic E-state index is -0.557. The van der Waals surface area contributed by atoms with Gasteiger partial charge in [-0.05, 0) is 52.3 Å². The molecule has 0 radical (unpaired) electrons. The van der Waals surface area contributed by atoms with E-state index in [2.05, 4.69) is 10.3 Å². The van der Waals surface area contributed by atoms with Gasteiger partial charge in [-0.25, -0.2) is 9.78 Å². The van der Waals surface area contributed by atoms with Crippen LogP contribution >= 0.6 is 0 Å². The number of benzene rings is 1. The SMILES string of the molecule is Cc1oc2ccc(OCc3cnco3)cc2c1C(=O)N[C@@H]1CCN(C(=O)OC(C)(C)C)C1. The molecule has 4 rings (SSSR count). The summed E-state index contributed by atoms with van der Waals surface area (Å²) in [5.74, 6) is 1.46. The molecule has 1 aromatic carbocycles. The van der Waals surface area contributed by atoms with Crippen molar-refractivity contribution in [2.45, 2.75) is 52.4 Å². The van der Waals surface area contributed by atoms with Crippen molar-refractivity contribution in [3.63, 3.8) is 0 Å². The number of fused-ring (bicyclic) bond motifs is 1. The number of hydrogen-bond donors (Lipinski definition) is 1. The lowest BCUT2D eigenvalue weighted by molar-refractivity contribution is 0.0290. The Hall–Kier alpha value is -3.49. The molecule has 32 heavy (non-hydrogen) atoms. The summed E-state index contributed by atoms with van der Waals surface area (Å²) >= 11 is 0. The maximum Gasteiger partial charge on any atom is 0.410 e. The van der Waals surface area contributed by atoms with E-state index in [-0.39, 0.29) is 24.6 Å². The van der Waals surface area contributed by atoms with Crippen LogP contribution in [0, 0.1) is 6.92 Å². The number of rotatable bonds is 5. The van der Waals surface area contributed by atoms with Gasteiger partial charge in [-0.3, -0.25) is 4.79 Å². The topological polar surface area (TPSA) is 107 Å². The summed E-state index contributed by atoms with van der Waals surface area (Å²) in [6.45, 7) is 8.41. The summed E-state index contributed by atoms with van der Waals surface area (Å²) in [6, 6.07) is 5.16. The Bertz CT molecular complexity index is 1110. The van der Waals surface area contributed by atoms with Gasteiger partial charge in [0.2, 0.25) is 0 Å². The number of nitrogens with zero attached hydrogens (tertiary/aromatic N) is 2. The highest BCUT2D eigenvalue weighted by Gasteiger charge is 2.31. The van der Waals surface area contributed by atoms with Crippen LogP contribution in [0.25, 0.3) is 11.0 Å². The summed E-state index contributed by atoms with van der Waals surface area (Å²) in [5, 5.41) is 3.69. The smallest absolute Gasteiger partial charge is 0.410 e. The van der Waals surface area contributed by atoms with Crippen LogP contribution in [0.1, 0.15) is 49.1 Å². The van der Waals surface area contributed by atoms with Crippen LogP contribution < -0.4 is 10.1 Å². The predicted molar refractivity (Wildman–Crippen MR) is 115 cm³/mol. The Morgan fingerprint density at radius 1 is 1.31 bits per heavy atom. The zero-order valence-electron chi connectivity index (χ0n) is 18.6. The number of nitrogens with one attached hydrogen (secondary N) is 1. The van der Waals surface area contributed by atoms with Gasteiger partial charge >= 0.3 is 6.09 Å². The van der Waals surface area contributed by atoms with Gasteiger partial charge < -0.3 is 28.5 Å². The maximum atomic E-state index is 13.1. The van der Waals surface area contributed by atoms with Gasteiger partial charge in [-0.15, -0.1) is 0 Å². The Morgan fingerprint density at radius 2 is 2.12 bits per heavy atom. The molecule has 170 valence electrons. The number of ether oxygens (including phenoxy) is 2. The Morgan fingerprint density at radius 3 is 2.84 bits per heavy atom. The normalized spacial score (nSPS) is 16.4. The van der Waals surface area contributed by atoms with Gasteiger partial charge in [-0.2, -0.15) is 0 Å². The first-order valence-electron chi connectivity index (χ1n) is 10.5. The van der Waals surface area contributed by atoms with Crippen LogP contribution in [-0.2, 0) is 11.3 Å². The highest BCUT2D eigenvalue weighted by atomic mass is 16.6. The van der Waals surface area contributed by atoms with E-state index in [0.29, 0.717) is 53.3 Å². The monoisotopic (exact) mass is 441 g/mol. The molecule has 3 aromatic rings. The molecule has 0 spiro atoms. The molecule has 1 N–H and O–H groups in total. The molecule has 1 fully saturated rings. The number of aryl methyl sites for hydroxylation is 1. The summed E-state index contributed by atoms with van der Waals surface area (Å²) in [5.41, 5.74) is 0.501. The van der Waals surface area contributed by atoms with Gasteiger partial charge in [-0.1, -0.05) is 0 Å². The number of amides is 2. The fourth-order valence-corrected chi connectivity index (χ4v) is 3.67. The van der Waals surface area contributed by atoms with E-state index in [4.69, 9.17) is 18.3 Å². The molecule has 1 aliphatic rings. The molecule has 2 aromatic heterocycles. The quantitative estimate of drug-likeness (QED) is 0.636. The van der Waals surface area contributed by atoms with E-state index in [1.54, 1.807) is 36.2 Å². The Labute approximate surface area is 185 Å². The van der Waals surface area contributed by atoms with Gasteiger partial charge in [0.1, 0.15) is 29.3 Å².